The molecule has 1 heterocycles. The lowest BCUT2D eigenvalue weighted by molar-refractivity contribution is -0.146. The molecule has 1 saturated heterocycles. The summed E-state index contributed by atoms with van der Waals surface area (Å²) in [6.07, 6.45) is 0.746. The Balaban J connectivity index is 1.67. The van der Waals surface area contributed by atoms with Crippen LogP contribution in [0.3, 0.4) is 0 Å². The Hall–Kier alpha value is -3.31. The minimum Gasteiger partial charge on any atom is -0.480 e. The highest BCUT2D eigenvalue weighted by molar-refractivity contribution is 7.89. The van der Waals surface area contributed by atoms with Crippen molar-refractivity contribution in [3.8, 4) is 11.5 Å². The summed E-state index contributed by atoms with van der Waals surface area (Å²) in [4.78, 5) is 25.6. The van der Waals surface area contributed by atoms with E-state index in [9.17, 15) is 23.1 Å². The number of para-hydroxylation sites is 2. The van der Waals surface area contributed by atoms with E-state index in [1.165, 1.54) is 6.07 Å². The van der Waals surface area contributed by atoms with Crippen molar-refractivity contribution < 1.29 is 27.9 Å². The number of nitrogens with zero attached hydrogens (tertiary/aromatic N) is 1. The number of carbonyl (C=O) groups excluding carboxylic acids is 1. The van der Waals surface area contributed by atoms with Gasteiger partial charge in [0.1, 0.15) is 17.5 Å². The second-order valence-corrected chi connectivity index (χ2v) is 11.4. The first-order chi connectivity index (χ1) is 18.1. The van der Waals surface area contributed by atoms with E-state index in [2.05, 4.69) is 5.32 Å². The van der Waals surface area contributed by atoms with Crippen LogP contribution in [-0.4, -0.2) is 48.3 Å². The number of nitrogen functional groups attached to an aromatic ring is 1. The monoisotopic (exact) mass is 577 g/mol. The molecule has 0 aliphatic carbocycles. The second kappa shape index (κ2) is 11.6. The summed E-state index contributed by atoms with van der Waals surface area (Å²) in [6.45, 7) is 0.512. The van der Waals surface area contributed by atoms with Gasteiger partial charge in [0.2, 0.25) is 0 Å². The summed E-state index contributed by atoms with van der Waals surface area (Å²) < 4.78 is 33.7. The van der Waals surface area contributed by atoms with Crippen LogP contribution in [0.4, 0.5) is 5.69 Å². The van der Waals surface area contributed by atoms with Crippen LogP contribution >= 0.6 is 23.2 Å². The number of anilines is 1. The quantitative estimate of drug-likeness (QED) is 0.319. The predicted octanol–water partition coefficient (Wildman–Crippen LogP) is 4.33. The molecule has 0 saturated carbocycles. The zero-order valence-electron chi connectivity index (χ0n) is 20.0. The van der Waals surface area contributed by atoms with E-state index < -0.39 is 34.0 Å². The van der Waals surface area contributed by atoms with Crippen molar-refractivity contribution in [1.82, 2.24) is 9.62 Å². The number of hydrogen-bond acceptors (Lipinski definition) is 7. The van der Waals surface area contributed by atoms with Crippen molar-refractivity contribution in [2.45, 2.75) is 36.2 Å². The van der Waals surface area contributed by atoms with Crippen LogP contribution in [0.1, 0.15) is 18.4 Å². The molecule has 1 aliphatic heterocycles. The molecular weight excluding hydrogens is 553 g/mol. The summed E-state index contributed by atoms with van der Waals surface area (Å²) in [5.41, 5.74) is 6.83. The minimum absolute atomic E-state index is 0.0315. The van der Waals surface area contributed by atoms with E-state index >= 15 is 0 Å². The molecule has 4 N–H and O–H groups in total. The highest BCUT2D eigenvalue weighted by Gasteiger charge is 2.43. The molecule has 38 heavy (non-hydrogen) atoms. The lowest BCUT2D eigenvalue weighted by Gasteiger charge is -2.30. The number of rotatable bonds is 9. The number of nitrogens with two attached hydrogens (primary N) is 1. The largest absolute Gasteiger partial charge is 0.480 e. The van der Waals surface area contributed by atoms with Gasteiger partial charge in [-0.1, -0.05) is 47.5 Å². The van der Waals surface area contributed by atoms with Gasteiger partial charge >= 0.3 is 5.97 Å². The van der Waals surface area contributed by atoms with Crippen molar-refractivity contribution in [2.75, 3.05) is 12.3 Å². The third kappa shape index (κ3) is 6.21. The number of nitrogens with one attached hydrogen (secondary N) is 1. The molecule has 3 aromatic carbocycles. The number of carboxylic acid groups (broad SMARTS) is 1. The maximum Gasteiger partial charge on any atom is 0.328 e. The van der Waals surface area contributed by atoms with Gasteiger partial charge in [0.25, 0.3) is 15.9 Å². The van der Waals surface area contributed by atoms with Crippen LogP contribution in [0.2, 0.25) is 10.0 Å². The predicted molar refractivity (Wildman–Crippen MR) is 144 cm³/mol. The first-order valence-electron chi connectivity index (χ1n) is 11.7. The Morgan fingerprint density at radius 2 is 1.74 bits per heavy atom. The average Bonchev–Trinajstić information content (AvgIpc) is 3.40. The number of sulfonamides is 1. The number of aliphatic carboxylic acids is 1. The normalized spacial score (nSPS) is 16.1. The third-order valence-electron chi connectivity index (χ3n) is 6.04. The van der Waals surface area contributed by atoms with E-state index in [-0.39, 0.29) is 21.4 Å². The molecule has 1 amide bonds. The fraction of sp³-hybridized carbons (Fsp3) is 0.231. The Bertz CT molecular complexity index is 1420. The molecule has 1 fully saturated rings. The van der Waals surface area contributed by atoms with Gasteiger partial charge in [-0.25, -0.2) is 17.5 Å². The lowest BCUT2D eigenvalue weighted by atomic mass is 10.0. The summed E-state index contributed by atoms with van der Waals surface area (Å²) in [5, 5.41) is 13.1. The van der Waals surface area contributed by atoms with Crippen LogP contribution in [0, 0.1) is 0 Å². The number of amides is 1. The highest BCUT2D eigenvalue weighted by atomic mass is 35.5. The van der Waals surface area contributed by atoms with Crippen LogP contribution in [-0.2, 0) is 26.0 Å². The van der Waals surface area contributed by atoms with Crippen molar-refractivity contribution in [3.63, 3.8) is 0 Å². The standard InChI is InChI=1S/C26H25Cl2N3O6S/c27-17-13-18(28)15-20(14-17)38(35,36)31(25(32)22-5-3-11-30-22)23(26(33)34)12-16-7-9-19(10-8-16)37-24-6-2-1-4-21(24)29/h1-2,4,6-10,13-15,22-23,30H,3,5,11-12,29H2,(H,33,34)/t22-,23-/m0/s1. The summed E-state index contributed by atoms with van der Waals surface area (Å²) >= 11 is 12.0. The smallest absolute Gasteiger partial charge is 0.328 e. The maximum atomic E-state index is 13.7. The van der Waals surface area contributed by atoms with Crippen molar-refractivity contribution >= 4 is 50.8 Å². The Morgan fingerprint density at radius 3 is 2.32 bits per heavy atom. The molecule has 0 aromatic heterocycles. The number of halogens is 2. The second-order valence-electron chi connectivity index (χ2n) is 8.74. The van der Waals surface area contributed by atoms with Gasteiger partial charge in [-0.05, 0) is 67.4 Å². The van der Waals surface area contributed by atoms with Gasteiger partial charge < -0.3 is 20.9 Å². The SMILES string of the molecule is Nc1ccccc1Oc1ccc(C[C@@H](C(=O)O)N(C(=O)[C@@H]2CCCN2)S(=O)(=O)c2cc(Cl)cc(Cl)c2)cc1. The summed E-state index contributed by atoms with van der Waals surface area (Å²) in [6, 6.07) is 14.4. The maximum absolute atomic E-state index is 13.7. The number of carboxylic acids is 1. The van der Waals surface area contributed by atoms with E-state index in [0.717, 1.165) is 12.1 Å². The van der Waals surface area contributed by atoms with E-state index in [1.54, 1.807) is 48.5 Å². The average molecular weight is 578 g/mol. The van der Waals surface area contributed by atoms with E-state index in [4.69, 9.17) is 33.7 Å². The van der Waals surface area contributed by atoms with Gasteiger partial charge in [-0.15, -0.1) is 0 Å². The summed E-state index contributed by atoms with van der Waals surface area (Å²) in [7, 11) is -4.65. The van der Waals surface area contributed by atoms with Crippen molar-refractivity contribution in [1.29, 1.82) is 0 Å². The minimum atomic E-state index is -4.65. The molecule has 200 valence electrons. The van der Waals surface area contributed by atoms with Crippen LogP contribution < -0.4 is 15.8 Å². The Labute approximate surface area is 230 Å². The van der Waals surface area contributed by atoms with Gasteiger partial charge in [-0.3, -0.25) is 4.79 Å². The van der Waals surface area contributed by atoms with Crippen molar-refractivity contribution in [3.05, 3.63) is 82.3 Å². The molecule has 4 rings (SSSR count). The fourth-order valence-electron chi connectivity index (χ4n) is 4.17. The van der Waals surface area contributed by atoms with Gasteiger partial charge in [0.05, 0.1) is 16.6 Å². The first kappa shape index (κ1) is 27.7. The number of carbonyl (C=O) groups is 2. The molecular formula is C26H25Cl2N3O6S. The zero-order valence-corrected chi connectivity index (χ0v) is 22.3. The Kier molecular flexibility index (Phi) is 8.47. The fourth-order valence-corrected chi connectivity index (χ4v) is 6.47. The van der Waals surface area contributed by atoms with Gasteiger partial charge in [-0.2, -0.15) is 0 Å². The number of benzene rings is 3. The summed E-state index contributed by atoms with van der Waals surface area (Å²) in [5.74, 6) is -1.44. The van der Waals surface area contributed by atoms with Crippen LogP contribution in [0.5, 0.6) is 11.5 Å². The topological polar surface area (TPSA) is 139 Å². The molecule has 3 aromatic rings. The van der Waals surface area contributed by atoms with E-state index in [0.29, 0.717) is 46.4 Å². The van der Waals surface area contributed by atoms with Gasteiger partial charge in [0.15, 0.2) is 0 Å². The van der Waals surface area contributed by atoms with E-state index in [1.807, 2.05) is 0 Å². The lowest BCUT2D eigenvalue weighted by Crippen LogP contribution is -2.54. The Morgan fingerprint density at radius 1 is 1.08 bits per heavy atom. The molecule has 12 heteroatoms. The number of hydrogen-bond donors (Lipinski definition) is 3. The highest BCUT2D eigenvalue weighted by Crippen LogP contribution is 2.30. The number of ether oxygens (including phenoxy) is 1. The molecule has 9 nitrogen and oxygen atoms in total. The molecule has 0 spiro atoms. The molecule has 2 atom stereocenters. The molecule has 0 bridgehead atoms. The molecule has 0 unspecified atom stereocenters. The molecule has 1 aliphatic rings. The van der Waals surface area contributed by atoms with Crippen LogP contribution in [0.25, 0.3) is 0 Å². The van der Waals surface area contributed by atoms with Crippen molar-refractivity contribution in [2.24, 2.45) is 0 Å². The molecule has 0 radical (unpaired) electrons. The third-order valence-corrected chi connectivity index (χ3v) is 8.26. The van der Waals surface area contributed by atoms with Crippen LogP contribution in [0.15, 0.2) is 71.6 Å². The first-order valence-corrected chi connectivity index (χ1v) is 13.9. The zero-order chi connectivity index (χ0) is 27.4. The van der Waals surface area contributed by atoms with Gasteiger partial charge in [0, 0.05) is 16.5 Å².